The maximum Gasteiger partial charge on any atom is 0.0549 e. The van der Waals surface area contributed by atoms with Gasteiger partial charge in [0.25, 0.3) is 0 Å². The minimum Gasteiger partial charge on any atom is -0.384 e. The molecule has 0 amide bonds. The van der Waals surface area contributed by atoms with Crippen LogP contribution >= 0.6 is 0 Å². The standard InChI is InChI=1S/C14H23N3/c1-2-8-16-13-9-14(11-15-10-13)17-12-6-4-3-5-7-12/h9-12,16-17H,2-8H2,1H3. The Morgan fingerprint density at radius 3 is 2.71 bits per heavy atom. The van der Waals surface area contributed by atoms with Crippen LogP contribution in [0.2, 0.25) is 0 Å². The summed E-state index contributed by atoms with van der Waals surface area (Å²) in [6.07, 6.45) is 11.7. The highest BCUT2D eigenvalue weighted by Gasteiger charge is 2.12. The molecule has 2 rings (SSSR count). The van der Waals surface area contributed by atoms with Crippen LogP contribution in [0.4, 0.5) is 11.4 Å². The predicted octanol–water partition coefficient (Wildman–Crippen LogP) is 3.65. The van der Waals surface area contributed by atoms with E-state index in [1.807, 2.05) is 12.4 Å². The van der Waals surface area contributed by atoms with Gasteiger partial charge in [0.2, 0.25) is 0 Å². The first-order chi connectivity index (χ1) is 8.38. The zero-order valence-electron chi connectivity index (χ0n) is 10.7. The highest BCUT2D eigenvalue weighted by atomic mass is 14.9. The quantitative estimate of drug-likeness (QED) is 0.815. The summed E-state index contributed by atoms with van der Waals surface area (Å²) in [5.74, 6) is 0. The predicted molar refractivity (Wildman–Crippen MR) is 73.5 cm³/mol. The van der Waals surface area contributed by atoms with Crippen molar-refractivity contribution < 1.29 is 0 Å². The van der Waals surface area contributed by atoms with Gasteiger partial charge in [0.05, 0.1) is 23.8 Å². The van der Waals surface area contributed by atoms with Gasteiger partial charge in [0.1, 0.15) is 0 Å². The lowest BCUT2D eigenvalue weighted by molar-refractivity contribution is 0.462. The average molecular weight is 233 g/mol. The fraction of sp³-hybridized carbons (Fsp3) is 0.643. The van der Waals surface area contributed by atoms with E-state index in [2.05, 4.69) is 28.6 Å². The molecule has 0 radical (unpaired) electrons. The van der Waals surface area contributed by atoms with Crippen LogP contribution in [-0.2, 0) is 0 Å². The summed E-state index contributed by atoms with van der Waals surface area (Å²) in [6.45, 7) is 3.18. The van der Waals surface area contributed by atoms with Gasteiger partial charge < -0.3 is 10.6 Å². The number of hydrogen-bond donors (Lipinski definition) is 2. The molecular formula is C14H23N3. The SMILES string of the molecule is CCCNc1cncc(NC2CCCCC2)c1. The molecule has 1 aromatic rings. The lowest BCUT2D eigenvalue weighted by atomic mass is 9.95. The van der Waals surface area contributed by atoms with Crippen molar-refractivity contribution in [1.82, 2.24) is 4.98 Å². The minimum atomic E-state index is 0.645. The van der Waals surface area contributed by atoms with Crippen molar-refractivity contribution in [1.29, 1.82) is 0 Å². The first-order valence-electron chi connectivity index (χ1n) is 6.84. The molecule has 17 heavy (non-hydrogen) atoms. The van der Waals surface area contributed by atoms with Gasteiger partial charge in [-0.15, -0.1) is 0 Å². The molecule has 0 unspecified atom stereocenters. The number of anilines is 2. The van der Waals surface area contributed by atoms with Gasteiger partial charge in [-0.3, -0.25) is 4.98 Å². The van der Waals surface area contributed by atoms with Crippen molar-refractivity contribution in [2.24, 2.45) is 0 Å². The molecule has 1 saturated carbocycles. The second-order valence-electron chi connectivity index (χ2n) is 4.87. The van der Waals surface area contributed by atoms with E-state index < -0.39 is 0 Å². The van der Waals surface area contributed by atoms with Gasteiger partial charge in [-0.25, -0.2) is 0 Å². The molecule has 1 aliphatic rings. The van der Waals surface area contributed by atoms with Gasteiger partial charge >= 0.3 is 0 Å². The van der Waals surface area contributed by atoms with E-state index in [-0.39, 0.29) is 0 Å². The van der Waals surface area contributed by atoms with Crippen LogP contribution in [0.25, 0.3) is 0 Å². The number of aromatic nitrogens is 1. The fourth-order valence-corrected chi connectivity index (χ4v) is 2.37. The summed E-state index contributed by atoms with van der Waals surface area (Å²) in [7, 11) is 0. The Balaban J connectivity index is 1.90. The molecule has 0 aliphatic heterocycles. The third kappa shape index (κ3) is 3.91. The van der Waals surface area contributed by atoms with E-state index in [1.54, 1.807) is 0 Å². The van der Waals surface area contributed by atoms with Gasteiger partial charge in [-0.05, 0) is 25.3 Å². The Kier molecular flexibility index (Phi) is 4.65. The van der Waals surface area contributed by atoms with E-state index in [0.29, 0.717) is 6.04 Å². The molecule has 0 saturated heterocycles. The fourth-order valence-electron chi connectivity index (χ4n) is 2.37. The Bertz CT molecular complexity index is 332. The summed E-state index contributed by atoms with van der Waals surface area (Å²) in [5.41, 5.74) is 2.27. The molecule has 3 nitrogen and oxygen atoms in total. The van der Waals surface area contributed by atoms with Crippen LogP contribution in [0.15, 0.2) is 18.5 Å². The van der Waals surface area contributed by atoms with E-state index in [9.17, 15) is 0 Å². The zero-order chi connectivity index (χ0) is 11.9. The van der Waals surface area contributed by atoms with Crippen LogP contribution in [0.5, 0.6) is 0 Å². The maximum absolute atomic E-state index is 4.28. The Morgan fingerprint density at radius 2 is 1.94 bits per heavy atom. The van der Waals surface area contributed by atoms with Gasteiger partial charge in [-0.1, -0.05) is 26.2 Å². The minimum absolute atomic E-state index is 0.645. The average Bonchev–Trinajstić information content (AvgIpc) is 2.38. The van der Waals surface area contributed by atoms with E-state index in [0.717, 1.165) is 24.3 Å². The molecule has 94 valence electrons. The summed E-state index contributed by atoms with van der Waals surface area (Å²) in [5, 5.41) is 6.96. The van der Waals surface area contributed by atoms with Crippen LogP contribution in [-0.4, -0.2) is 17.6 Å². The zero-order valence-corrected chi connectivity index (χ0v) is 10.7. The number of nitrogens with one attached hydrogen (secondary N) is 2. The summed E-state index contributed by atoms with van der Waals surface area (Å²) in [4.78, 5) is 4.28. The normalized spacial score (nSPS) is 16.8. The second kappa shape index (κ2) is 6.48. The van der Waals surface area contributed by atoms with Crippen molar-refractivity contribution in [2.45, 2.75) is 51.5 Å². The number of rotatable bonds is 5. The van der Waals surface area contributed by atoms with Crippen LogP contribution in [0, 0.1) is 0 Å². The molecule has 3 heteroatoms. The summed E-state index contributed by atoms with van der Waals surface area (Å²) in [6, 6.07) is 2.81. The molecule has 0 bridgehead atoms. The number of pyridine rings is 1. The highest BCUT2D eigenvalue weighted by Crippen LogP contribution is 2.22. The molecule has 1 heterocycles. The van der Waals surface area contributed by atoms with Crippen molar-refractivity contribution in [2.75, 3.05) is 17.2 Å². The first-order valence-corrected chi connectivity index (χ1v) is 6.84. The first kappa shape index (κ1) is 12.2. The second-order valence-corrected chi connectivity index (χ2v) is 4.87. The third-order valence-electron chi connectivity index (χ3n) is 3.29. The molecule has 0 atom stereocenters. The molecule has 1 fully saturated rings. The number of hydrogen-bond acceptors (Lipinski definition) is 3. The van der Waals surface area contributed by atoms with Crippen LogP contribution in [0.1, 0.15) is 45.4 Å². The molecule has 0 aromatic carbocycles. The topological polar surface area (TPSA) is 37.0 Å². The van der Waals surface area contributed by atoms with E-state index in [1.165, 1.54) is 32.1 Å². The number of nitrogens with zero attached hydrogens (tertiary/aromatic N) is 1. The monoisotopic (exact) mass is 233 g/mol. The maximum atomic E-state index is 4.28. The largest absolute Gasteiger partial charge is 0.384 e. The summed E-state index contributed by atoms with van der Waals surface area (Å²) >= 11 is 0. The molecule has 2 N–H and O–H groups in total. The Hall–Kier alpha value is -1.25. The Labute approximate surface area is 104 Å². The van der Waals surface area contributed by atoms with Crippen molar-refractivity contribution in [3.63, 3.8) is 0 Å². The summed E-state index contributed by atoms with van der Waals surface area (Å²) < 4.78 is 0. The molecule has 0 spiro atoms. The van der Waals surface area contributed by atoms with Crippen LogP contribution < -0.4 is 10.6 Å². The lowest BCUT2D eigenvalue weighted by Crippen LogP contribution is -2.22. The molecular weight excluding hydrogens is 210 g/mol. The van der Waals surface area contributed by atoms with Crippen molar-refractivity contribution >= 4 is 11.4 Å². The Morgan fingerprint density at radius 1 is 1.18 bits per heavy atom. The molecule has 1 aromatic heterocycles. The van der Waals surface area contributed by atoms with Gasteiger partial charge in [0, 0.05) is 12.6 Å². The third-order valence-corrected chi connectivity index (χ3v) is 3.29. The van der Waals surface area contributed by atoms with Gasteiger partial charge in [-0.2, -0.15) is 0 Å². The van der Waals surface area contributed by atoms with Gasteiger partial charge in [0.15, 0.2) is 0 Å². The van der Waals surface area contributed by atoms with Crippen molar-refractivity contribution in [3.8, 4) is 0 Å². The lowest BCUT2D eigenvalue weighted by Gasteiger charge is -2.23. The van der Waals surface area contributed by atoms with E-state index in [4.69, 9.17) is 0 Å². The van der Waals surface area contributed by atoms with E-state index >= 15 is 0 Å². The highest BCUT2D eigenvalue weighted by molar-refractivity contribution is 5.54. The smallest absolute Gasteiger partial charge is 0.0549 e. The van der Waals surface area contributed by atoms with Crippen LogP contribution in [0.3, 0.4) is 0 Å². The van der Waals surface area contributed by atoms with Crippen molar-refractivity contribution in [3.05, 3.63) is 18.5 Å². The molecule has 1 aliphatic carbocycles.